The van der Waals surface area contributed by atoms with E-state index < -0.39 is 5.91 Å². The van der Waals surface area contributed by atoms with Gasteiger partial charge in [0.15, 0.2) is 0 Å². The fourth-order valence-electron chi connectivity index (χ4n) is 2.22. The Labute approximate surface area is 148 Å². The first-order valence-corrected chi connectivity index (χ1v) is 7.99. The zero-order valence-corrected chi connectivity index (χ0v) is 14.3. The summed E-state index contributed by atoms with van der Waals surface area (Å²) < 4.78 is 3.11. The molecule has 0 saturated heterocycles. The Balaban J connectivity index is 1.73. The first kappa shape index (κ1) is 16.5. The predicted molar refractivity (Wildman–Crippen MR) is 91.4 cm³/mol. The standard InChI is InChI=1S/C15H14Cl2N6O/c1-2-23-13(12(17)7-19-23)14(24)20-15-18-9-22(21-15)8-10-5-3-4-6-11(10)16/h3-7,9H,2,8H2,1H3,(H,20,21,24). The molecule has 2 heterocycles. The van der Waals surface area contributed by atoms with Gasteiger partial charge in [-0.1, -0.05) is 41.4 Å². The quantitative estimate of drug-likeness (QED) is 0.754. The monoisotopic (exact) mass is 364 g/mol. The highest BCUT2D eigenvalue weighted by Gasteiger charge is 2.18. The van der Waals surface area contributed by atoms with Crippen molar-refractivity contribution in [2.45, 2.75) is 20.0 Å². The Bertz CT molecular complexity index is 872. The second-order valence-corrected chi connectivity index (χ2v) is 5.78. The molecule has 9 heteroatoms. The number of nitrogens with zero attached hydrogens (tertiary/aromatic N) is 5. The molecule has 0 radical (unpaired) electrons. The number of anilines is 1. The largest absolute Gasteiger partial charge is 0.288 e. The first-order valence-electron chi connectivity index (χ1n) is 7.24. The summed E-state index contributed by atoms with van der Waals surface area (Å²) in [5, 5.41) is 11.8. The van der Waals surface area contributed by atoms with Gasteiger partial charge in [0.1, 0.15) is 12.0 Å². The molecule has 1 aromatic carbocycles. The molecule has 0 bridgehead atoms. The van der Waals surface area contributed by atoms with E-state index in [0.29, 0.717) is 18.1 Å². The molecule has 0 saturated carbocycles. The molecule has 3 aromatic rings. The Hall–Kier alpha value is -2.38. The minimum absolute atomic E-state index is 0.187. The lowest BCUT2D eigenvalue weighted by Crippen LogP contribution is -2.18. The second kappa shape index (κ2) is 7.02. The zero-order chi connectivity index (χ0) is 17.1. The first-order chi connectivity index (χ1) is 11.6. The highest BCUT2D eigenvalue weighted by atomic mass is 35.5. The average Bonchev–Trinajstić information content (AvgIpc) is 3.15. The van der Waals surface area contributed by atoms with Gasteiger partial charge in [0, 0.05) is 11.6 Å². The summed E-state index contributed by atoms with van der Waals surface area (Å²) >= 11 is 12.1. The van der Waals surface area contributed by atoms with Crippen molar-refractivity contribution >= 4 is 35.1 Å². The van der Waals surface area contributed by atoms with Crippen molar-refractivity contribution in [2.24, 2.45) is 0 Å². The Morgan fingerprint density at radius 1 is 1.25 bits per heavy atom. The molecule has 124 valence electrons. The Morgan fingerprint density at radius 2 is 2.04 bits per heavy atom. The molecule has 24 heavy (non-hydrogen) atoms. The van der Waals surface area contributed by atoms with E-state index in [-0.39, 0.29) is 16.7 Å². The summed E-state index contributed by atoms with van der Waals surface area (Å²) in [6.45, 7) is 2.86. The molecule has 1 N–H and O–H groups in total. The van der Waals surface area contributed by atoms with Crippen LogP contribution in [0.25, 0.3) is 0 Å². The van der Waals surface area contributed by atoms with Gasteiger partial charge in [-0.15, -0.1) is 5.10 Å². The van der Waals surface area contributed by atoms with Crippen LogP contribution in [0, 0.1) is 0 Å². The normalized spacial score (nSPS) is 10.8. The Kier molecular flexibility index (Phi) is 4.82. The predicted octanol–water partition coefficient (Wildman–Crippen LogP) is 3.10. The number of benzene rings is 1. The van der Waals surface area contributed by atoms with E-state index in [9.17, 15) is 4.79 Å². The van der Waals surface area contributed by atoms with Crippen molar-refractivity contribution in [3.05, 3.63) is 58.1 Å². The maximum atomic E-state index is 12.3. The molecule has 0 unspecified atom stereocenters. The average molecular weight is 365 g/mol. The lowest BCUT2D eigenvalue weighted by atomic mass is 10.2. The SMILES string of the molecule is CCn1ncc(Cl)c1C(=O)Nc1ncn(Cc2ccccc2Cl)n1. The van der Waals surface area contributed by atoms with Gasteiger partial charge in [-0.25, -0.2) is 9.67 Å². The number of hydrogen-bond acceptors (Lipinski definition) is 4. The van der Waals surface area contributed by atoms with Crippen molar-refractivity contribution in [1.29, 1.82) is 0 Å². The number of nitrogens with one attached hydrogen (secondary N) is 1. The summed E-state index contributed by atoms with van der Waals surface area (Å²) in [6.07, 6.45) is 2.96. The van der Waals surface area contributed by atoms with Crippen molar-refractivity contribution in [3.8, 4) is 0 Å². The van der Waals surface area contributed by atoms with E-state index in [2.05, 4.69) is 20.5 Å². The minimum Gasteiger partial charge on any atom is -0.288 e. The van der Waals surface area contributed by atoms with Crippen LogP contribution in [0.4, 0.5) is 5.95 Å². The van der Waals surface area contributed by atoms with Crippen LogP contribution in [0.3, 0.4) is 0 Å². The molecular weight excluding hydrogens is 351 g/mol. The van der Waals surface area contributed by atoms with Gasteiger partial charge < -0.3 is 0 Å². The highest BCUT2D eigenvalue weighted by Crippen LogP contribution is 2.17. The van der Waals surface area contributed by atoms with Crippen LogP contribution in [0.1, 0.15) is 23.0 Å². The number of carbonyl (C=O) groups is 1. The van der Waals surface area contributed by atoms with Gasteiger partial charge in [0.25, 0.3) is 5.91 Å². The molecule has 1 amide bonds. The zero-order valence-electron chi connectivity index (χ0n) is 12.8. The number of carbonyl (C=O) groups excluding carboxylic acids is 1. The van der Waals surface area contributed by atoms with Crippen LogP contribution in [0.5, 0.6) is 0 Å². The van der Waals surface area contributed by atoms with Gasteiger partial charge in [0.2, 0.25) is 5.95 Å². The minimum atomic E-state index is -0.408. The summed E-state index contributed by atoms with van der Waals surface area (Å²) in [4.78, 5) is 16.4. The molecule has 0 atom stereocenters. The van der Waals surface area contributed by atoms with Crippen LogP contribution in [-0.4, -0.2) is 30.5 Å². The molecule has 0 aliphatic rings. The van der Waals surface area contributed by atoms with E-state index in [1.807, 2.05) is 31.2 Å². The molecule has 2 aromatic heterocycles. The maximum Gasteiger partial charge on any atom is 0.277 e. The fraction of sp³-hybridized carbons (Fsp3) is 0.200. The number of halogens is 2. The van der Waals surface area contributed by atoms with Gasteiger partial charge >= 0.3 is 0 Å². The summed E-state index contributed by atoms with van der Waals surface area (Å²) in [6, 6.07) is 7.47. The number of aryl methyl sites for hydroxylation is 1. The van der Waals surface area contributed by atoms with E-state index in [1.54, 1.807) is 4.68 Å². The summed E-state index contributed by atoms with van der Waals surface area (Å²) in [5.41, 5.74) is 1.19. The Morgan fingerprint density at radius 3 is 2.79 bits per heavy atom. The van der Waals surface area contributed by atoms with Gasteiger partial charge in [-0.05, 0) is 18.6 Å². The van der Waals surface area contributed by atoms with Crippen molar-refractivity contribution in [3.63, 3.8) is 0 Å². The van der Waals surface area contributed by atoms with Gasteiger partial charge in [-0.3, -0.25) is 14.8 Å². The summed E-state index contributed by atoms with van der Waals surface area (Å²) in [5.74, 6) is -0.221. The molecule has 0 fully saturated rings. The van der Waals surface area contributed by atoms with E-state index in [4.69, 9.17) is 23.2 Å². The number of aromatic nitrogens is 5. The lowest BCUT2D eigenvalue weighted by Gasteiger charge is -2.05. The van der Waals surface area contributed by atoms with Gasteiger partial charge in [-0.2, -0.15) is 5.10 Å². The topological polar surface area (TPSA) is 77.6 Å². The van der Waals surface area contributed by atoms with Crippen molar-refractivity contribution in [2.75, 3.05) is 5.32 Å². The molecular formula is C15H14Cl2N6O. The smallest absolute Gasteiger partial charge is 0.277 e. The third-order valence-corrected chi connectivity index (χ3v) is 4.01. The van der Waals surface area contributed by atoms with Gasteiger partial charge in [0.05, 0.1) is 17.8 Å². The number of amides is 1. The highest BCUT2D eigenvalue weighted by molar-refractivity contribution is 6.34. The van der Waals surface area contributed by atoms with Crippen LogP contribution >= 0.6 is 23.2 Å². The third-order valence-electron chi connectivity index (χ3n) is 3.36. The number of rotatable bonds is 5. The fourth-order valence-corrected chi connectivity index (χ4v) is 2.64. The van der Waals surface area contributed by atoms with Crippen LogP contribution in [0.15, 0.2) is 36.8 Å². The van der Waals surface area contributed by atoms with Crippen molar-refractivity contribution in [1.82, 2.24) is 24.5 Å². The lowest BCUT2D eigenvalue weighted by molar-refractivity contribution is 0.101. The molecule has 3 rings (SSSR count). The third kappa shape index (κ3) is 3.42. The molecule has 0 aliphatic heterocycles. The van der Waals surface area contributed by atoms with E-state index in [1.165, 1.54) is 17.2 Å². The molecule has 7 nitrogen and oxygen atoms in total. The van der Waals surface area contributed by atoms with E-state index in [0.717, 1.165) is 5.56 Å². The molecule has 0 spiro atoms. The van der Waals surface area contributed by atoms with Crippen LogP contribution < -0.4 is 5.32 Å². The van der Waals surface area contributed by atoms with Crippen LogP contribution in [-0.2, 0) is 13.1 Å². The van der Waals surface area contributed by atoms with Crippen LogP contribution in [0.2, 0.25) is 10.0 Å². The number of hydrogen-bond donors (Lipinski definition) is 1. The summed E-state index contributed by atoms with van der Waals surface area (Å²) in [7, 11) is 0. The maximum absolute atomic E-state index is 12.3. The molecule has 0 aliphatic carbocycles. The second-order valence-electron chi connectivity index (χ2n) is 4.97. The van der Waals surface area contributed by atoms with E-state index >= 15 is 0 Å². The van der Waals surface area contributed by atoms with Crippen molar-refractivity contribution < 1.29 is 4.79 Å².